The molecule has 1 atom stereocenters. The standard InChI is InChI=1S/C18H25N3O2/c19-17(22)15-7-5-6-14(12-15)13-21-11-2-1-8-16(21)18(23)20-9-3-4-10-20/h5-7,12,16H,1-4,8-11,13H2,(H2,19,22)/t16-/m1/s1. The summed E-state index contributed by atoms with van der Waals surface area (Å²) in [6.45, 7) is 3.44. The van der Waals surface area contributed by atoms with Crippen molar-refractivity contribution in [2.75, 3.05) is 19.6 Å². The van der Waals surface area contributed by atoms with Gasteiger partial charge in [0.2, 0.25) is 11.8 Å². The Bertz CT molecular complexity index is 581. The number of piperidine rings is 1. The average Bonchev–Trinajstić information content (AvgIpc) is 3.09. The van der Waals surface area contributed by atoms with Gasteiger partial charge in [-0.2, -0.15) is 0 Å². The third-order valence-electron chi connectivity index (χ3n) is 4.91. The Kier molecular flexibility index (Phi) is 4.96. The second-order valence-electron chi connectivity index (χ2n) is 6.58. The quantitative estimate of drug-likeness (QED) is 0.920. The van der Waals surface area contributed by atoms with Crippen molar-refractivity contribution >= 4 is 11.8 Å². The van der Waals surface area contributed by atoms with Gasteiger partial charge in [-0.25, -0.2) is 0 Å². The van der Waals surface area contributed by atoms with Gasteiger partial charge in [0.25, 0.3) is 0 Å². The van der Waals surface area contributed by atoms with Crippen LogP contribution in [-0.4, -0.2) is 47.3 Å². The van der Waals surface area contributed by atoms with Crippen LogP contribution in [0.4, 0.5) is 0 Å². The average molecular weight is 315 g/mol. The van der Waals surface area contributed by atoms with Gasteiger partial charge < -0.3 is 10.6 Å². The summed E-state index contributed by atoms with van der Waals surface area (Å²) in [6, 6.07) is 7.41. The van der Waals surface area contributed by atoms with Gasteiger partial charge in [0.05, 0.1) is 6.04 Å². The normalized spacial score (nSPS) is 22.3. The van der Waals surface area contributed by atoms with Gasteiger partial charge in [-0.05, 0) is 49.9 Å². The van der Waals surface area contributed by atoms with Crippen molar-refractivity contribution in [3.05, 3.63) is 35.4 Å². The van der Waals surface area contributed by atoms with E-state index in [9.17, 15) is 9.59 Å². The number of likely N-dealkylation sites (tertiary alicyclic amines) is 2. The molecule has 2 aliphatic heterocycles. The monoisotopic (exact) mass is 315 g/mol. The zero-order valence-electron chi connectivity index (χ0n) is 13.5. The maximum absolute atomic E-state index is 12.8. The summed E-state index contributed by atoms with van der Waals surface area (Å²) in [5, 5.41) is 0. The molecular weight excluding hydrogens is 290 g/mol. The zero-order valence-corrected chi connectivity index (χ0v) is 13.5. The minimum absolute atomic E-state index is 0.0147. The van der Waals surface area contributed by atoms with Gasteiger partial charge in [0.15, 0.2) is 0 Å². The molecule has 5 heteroatoms. The van der Waals surface area contributed by atoms with E-state index in [1.54, 1.807) is 6.07 Å². The number of hydrogen-bond acceptors (Lipinski definition) is 3. The minimum atomic E-state index is -0.407. The van der Waals surface area contributed by atoms with Gasteiger partial charge in [-0.3, -0.25) is 14.5 Å². The summed E-state index contributed by atoms with van der Waals surface area (Å²) >= 11 is 0. The fourth-order valence-electron chi connectivity index (χ4n) is 3.67. The summed E-state index contributed by atoms with van der Waals surface area (Å²) < 4.78 is 0. The molecule has 2 fully saturated rings. The maximum atomic E-state index is 12.8. The summed E-state index contributed by atoms with van der Waals surface area (Å²) in [7, 11) is 0. The Morgan fingerprint density at radius 1 is 1.09 bits per heavy atom. The Balaban J connectivity index is 1.72. The molecule has 0 bridgehead atoms. The summed E-state index contributed by atoms with van der Waals surface area (Å²) in [6.07, 6.45) is 5.42. The lowest BCUT2D eigenvalue weighted by molar-refractivity contribution is -0.137. The van der Waals surface area contributed by atoms with Crippen molar-refractivity contribution in [2.45, 2.75) is 44.7 Å². The van der Waals surface area contributed by atoms with E-state index in [-0.39, 0.29) is 11.9 Å². The van der Waals surface area contributed by atoms with Crippen molar-refractivity contribution in [3.63, 3.8) is 0 Å². The molecule has 0 radical (unpaired) electrons. The summed E-state index contributed by atoms with van der Waals surface area (Å²) in [5.74, 6) is -0.122. The Hall–Kier alpha value is -1.88. The van der Waals surface area contributed by atoms with Crippen molar-refractivity contribution < 1.29 is 9.59 Å². The molecule has 2 N–H and O–H groups in total. The van der Waals surface area contributed by atoms with Crippen LogP contribution in [0.25, 0.3) is 0 Å². The molecule has 2 saturated heterocycles. The van der Waals surface area contributed by atoms with Gasteiger partial charge >= 0.3 is 0 Å². The third kappa shape index (κ3) is 3.72. The van der Waals surface area contributed by atoms with Crippen LogP contribution in [0.15, 0.2) is 24.3 Å². The van der Waals surface area contributed by atoms with Gasteiger partial charge in [0, 0.05) is 25.2 Å². The van der Waals surface area contributed by atoms with Crippen molar-refractivity contribution in [2.24, 2.45) is 5.73 Å². The van der Waals surface area contributed by atoms with Crippen LogP contribution in [0.2, 0.25) is 0 Å². The molecule has 0 saturated carbocycles. The molecule has 3 rings (SSSR count). The number of primary amides is 1. The predicted molar refractivity (Wildman–Crippen MR) is 88.8 cm³/mol. The van der Waals surface area contributed by atoms with Crippen molar-refractivity contribution in [1.29, 1.82) is 0 Å². The molecule has 0 aromatic heterocycles. The largest absolute Gasteiger partial charge is 0.366 e. The molecule has 2 heterocycles. The molecule has 0 unspecified atom stereocenters. The van der Waals surface area contributed by atoms with E-state index in [1.807, 2.05) is 23.1 Å². The number of benzene rings is 1. The van der Waals surface area contributed by atoms with Crippen molar-refractivity contribution in [3.8, 4) is 0 Å². The first-order chi connectivity index (χ1) is 11.1. The molecule has 5 nitrogen and oxygen atoms in total. The first kappa shape index (κ1) is 16.0. The fourth-order valence-corrected chi connectivity index (χ4v) is 3.67. The van der Waals surface area contributed by atoms with Crippen LogP contribution < -0.4 is 5.73 Å². The first-order valence-electron chi connectivity index (χ1n) is 8.57. The molecule has 1 aromatic rings. The van der Waals surface area contributed by atoms with Gasteiger partial charge in [-0.1, -0.05) is 18.6 Å². The SMILES string of the molecule is NC(=O)c1cccc(CN2CCCC[C@@H]2C(=O)N2CCCC2)c1. The molecule has 0 spiro atoms. The predicted octanol–water partition coefficient (Wildman–Crippen LogP) is 1.76. The van der Waals surface area contributed by atoms with E-state index in [0.717, 1.165) is 57.3 Å². The zero-order chi connectivity index (χ0) is 16.2. The second-order valence-corrected chi connectivity index (χ2v) is 6.58. The maximum Gasteiger partial charge on any atom is 0.248 e. The highest BCUT2D eigenvalue weighted by molar-refractivity contribution is 5.92. The highest BCUT2D eigenvalue weighted by Crippen LogP contribution is 2.23. The second kappa shape index (κ2) is 7.13. The summed E-state index contributed by atoms with van der Waals surface area (Å²) in [5.41, 5.74) is 6.93. The lowest BCUT2D eigenvalue weighted by Gasteiger charge is -2.36. The van der Waals surface area contributed by atoms with Gasteiger partial charge in [-0.15, -0.1) is 0 Å². The number of carbonyl (C=O) groups is 2. The molecule has 2 amide bonds. The van der Waals surface area contributed by atoms with E-state index in [1.165, 1.54) is 0 Å². The molecule has 23 heavy (non-hydrogen) atoms. The lowest BCUT2D eigenvalue weighted by atomic mass is 9.99. The number of carbonyl (C=O) groups excluding carboxylic acids is 2. The van der Waals surface area contributed by atoms with E-state index in [4.69, 9.17) is 5.73 Å². The van der Waals surface area contributed by atoms with E-state index < -0.39 is 5.91 Å². The van der Waals surface area contributed by atoms with Crippen LogP contribution in [-0.2, 0) is 11.3 Å². The van der Waals surface area contributed by atoms with E-state index >= 15 is 0 Å². The third-order valence-corrected chi connectivity index (χ3v) is 4.91. The first-order valence-corrected chi connectivity index (χ1v) is 8.57. The number of hydrogen-bond donors (Lipinski definition) is 1. The van der Waals surface area contributed by atoms with E-state index in [2.05, 4.69) is 4.90 Å². The minimum Gasteiger partial charge on any atom is -0.366 e. The molecule has 2 aliphatic rings. The van der Waals surface area contributed by atoms with Crippen LogP contribution in [0, 0.1) is 0 Å². The number of nitrogens with two attached hydrogens (primary N) is 1. The number of nitrogens with zero attached hydrogens (tertiary/aromatic N) is 2. The van der Waals surface area contributed by atoms with Crippen molar-refractivity contribution in [1.82, 2.24) is 9.80 Å². The number of rotatable bonds is 4. The Labute approximate surface area is 137 Å². The lowest BCUT2D eigenvalue weighted by Crippen LogP contribution is -2.49. The molecule has 0 aliphatic carbocycles. The molecule has 124 valence electrons. The van der Waals surface area contributed by atoms with Crippen LogP contribution >= 0.6 is 0 Å². The summed E-state index contributed by atoms with van der Waals surface area (Å²) in [4.78, 5) is 28.4. The van der Waals surface area contributed by atoms with E-state index in [0.29, 0.717) is 12.1 Å². The van der Waals surface area contributed by atoms with Crippen LogP contribution in [0.1, 0.15) is 48.0 Å². The van der Waals surface area contributed by atoms with Gasteiger partial charge in [0.1, 0.15) is 0 Å². The topological polar surface area (TPSA) is 66.6 Å². The number of amides is 2. The highest BCUT2D eigenvalue weighted by Gasteiger charge is 2.32. The smallest absolute Gasteiger partial charge is 0.248 e. The Morgan fingerprint density at radius 2 is 1.83 bits per heavy atom. The van der Waals surface area contributed by atoms with Crippen LogP contribution in [0.3, 0.4) is 0 Å². The highest BCUT2D eigenvalue weighted by atomic mass is 16.2. The Morgan fingerprint density at radius 3 is 2.57 bits per heavy atom. The van der Waals surface area contributed by atoms with Crippen LogP contribution in [0.5, 0.6) is 0 Å². The fraction of sp³-hybridized carbons (Fsp3) is 0.556. The molecule has 1 aromatic carbocycles. The molecular formula is C18H25N3O2.